The number of hydrogen-bond acceptors (Lipinski definition) is 5. The molecule has 7 nitrogen and oxygen atoms in total. The van der Waals surface area contributed by atoms with Crippen molar-refractivity contribution in [2.24, 2.45) is 0 Å². The molecule has 2 rings (SSSR count). The lowest BCUT2D eigenvalue weighted by Gasteiger charge is -2.21. The van der Waals surface area contributed by atoms with Gasteiger partial charge in [0.05, 0.1) is 24.6 Å². The summed E-state index contributed by atoms with van der Waals surface area (Å²) in [7, 11) is 3.24. The Hall–Kier alpha value is -3.09. The van der Waals surface area contributed by atoms with Crippen LogP contribution in [0, 0.1) is 24.0 Å². The van der Waals surface area contributed by atoms with Crippen LogP contribution in [0.4, 0.5) is 17.1 Å². The average molecular weight is 343 g/mol. The van der Waals surface area contributed by atoms with E-state index in [0.29, 0.717) is 5.75 Å². The molecule has 2 aromatic rings. The number of carbonyl (C=O) groups is 1. The highest BCUT2D eigenvalue weighted by atomic mass is 16.6. The van der Waals surface area contributed by atoms with Gasteiger partial charge in [-0.3, -0.25) is 14.9 Å². The van der Waals surface area contributed by atoms with Gasteiger partial charge in [0.2, 0.25) is 5.91 Å². The summed E-state index contributed by atoms with van der Waals surface area (Å²) < 4.78 is 4.99. The van der Waals surface area contributed by atoms with Gasteiger partial charge in [-0.05, 0) is 43.2 Å². The molecular formula is C18H21N3O4. The van der Waals surface area contributed by atoms with Crippen molar-refractivity contribution in [2.75, 3.05) is 30.9 Å². The zero-order valence-electron chi connectivity index (χ0n) is 14.7. The fourth-order valence-corrected chi connectivity index (χ4v) is 2.53. The number of hydrogen-bond donors (Lipinski definition) is 1. The lowest BCUT2D eigenvalue weighted by atomic mass is 10.1. The Bertz CT molecular complexity index is 805. The molecule has 0 aliphatic carbocycles. The first-order valence-corrected chi connectivity index (χ1v) is 7.73. The second-order valence-corrected chi connectivity index (χ2v) is 5.76. The van der Waals surface area contributed by atoms with Crippen LogP contribution in [-0.4, -0.2) is 31.5 Å². The molecule has 0 atom stereocenters. The van der Waals surface area contributed by atoms with E-state index in [9.17, 15) is 14.9 Å². The van der Waals surface area contributed by atoms with E-state index in [0.717, 1.165) is 16.8 Å². The smallest absolute Gasteiger partial charge is 0.296 e. The minimum atomic E-state index is -0.549. The molecule has 132 valence electrons. The van der Waals surface area contributed by atoms with Gasteiger partial charge in [0.25, 0.3) is 5.69 Å². The van der Waals surface area contributed by atoms with Crippen molar-refractivity contribution in [3.05, 3.63) is 57.6 Å². The quantitative estimate of drug-likeness (QED) is 0.642. The highest BCUT2D eigenvalue weighted by Crippen LogP contribution is 2.29. The van der Waals surface area contributed by atoms with Crippen LogP contribution in [0.25, 0.3) is 0 Å². The van der Waals surface area contributed by atoms with E-state index in [1.807, 2.05) is 44.0 Å². The molecule has 0 bridgehead atoms. The number of aryl methyl sites for hydroxylation is 1. The first-order valence-electron chi connectivity index (χ1n) is 7.73. The lowest BCUT2D eigenvalue weighted by molar-refractivity contribution is -0.384. The summed E-state index contributed by atoms with van der Waals surface area (Å²) in [5.41, 5.74) is 3.11. The van der Waals surface area contributed by atoms with Crippen molar-refractivity contribution in [1.29, 1.82) is 0 Å². The minimum Gasteiger partial charge on any atom is -0.496 e. The van der Waals surface area contributed by atoms with Crippen LogP contribution in [0.2, 0.25) is 0 Å². The number of nitro benzene ring substituents is 1. The number of amides is 1. The molecule has 0 unspecified atom stereocenters. The van der Waals surface area contributed by atoms with E-state index in [2.05, 4.69) is 5.32 Å². The van der Waals surface area contributed by atoms with Crippen LogP contribution in [0.3, 0.4) is 0 Å². The molecule has 0 heterocycles. The molecule has 2 aromatic carbocycles. The maximum atomic E-state index is 12.3. The zero-order valence-corrected chi connectivity index (χ0v) is 14.7. The van der Waals surface area contributed by atoms with Gasteiger partial charge in [-0.25, -0.2) is 0 Å². The van der Waals surface area contributed by atoms with E-state index >= 15 is 0 Å². The number of anilines is 2. The molecule has 0 aliphatic rings. The van der Waals surface area contributed by atoms with Crippen LogP contribution in [0.5, 0.6) is 5.75 Å². The minimum absolute atomic E-state index is 0.0769. The summed E-state index contributed by atoms with van der Waals surface area (Å²) in [6, 6.07) is 10.2. The van der Waals surface area contributed by atoms with E-state index in [4.69, 9.17) is 4.74 Å². The first kappa shape index (κ1) is 18.3. The Morgan fingerprint density at radius 3 is 2.64 bits per heavy atom. The molecule has 1 amide bonds. The molecule has 7 heteroatoms. The van der Waals surface area contributed by atoms with E-state index in [1.165, 1.54) is 19.2 Å². The summed E-state index contributed by atoms with van der Waals surface area (Å²) in [5.74, 6) is 0.0221. The molecule has 0 aliphatic heterocycles. The van der Waals surface area contributed by atoms with Crippen LogP contribution < -0.4 is 15.0 Å². The summed E-state index contributed by atoms with van der Waals surface area (Å²) >= 11 is 0. The van der Waals surface area contributed by atoms with Crippen LogP contribution >= 0.6 is 0 Å². The third kappa shape index (κ3) is 4.26. The molecule has 0 fully saturated rings. The maximum absolute atomic E-state index is 12.3. The van der Waals surface area contributed by atoms with Crippen molar-refractivity contribution >= 4 is 23.0 Å². The molecule has 0 aromatic heterocycles. The van der Waals surface area contributed by atoms with Gasteiger partial charge >= 0.3 is 0 Å². The summed E-state index contributed by atoms with van der Waals surface area (Å²) in [6.07, 6.45) is 0. The molecule has 0 saturated heterocycles. The van der Waals surface area contributed by atoms with Crippen LogP contribution in [0.1, 0.15) is 11.1 Å². The lowest BCUT2D eigenvalue weighted by Crippen LogP contribution is -2.30. The SMILES string of the molecule is COc1ccc(NC(=O)CN(C)c2cccc(C)c2C)c([N+](=O)[O-])c1. The van der Waals surface area contributed by atoms with Crippen molar-refractivity contribution in [3.63, 3.8) is 0 Å². The molecule has 25 heavy (non-hydrogen) atoms. The predicted molar refractivity (Wildman–Crippen MR) is 97.5 cm³/mol. The van der Waals surface area contributed by atoms with Crippen molar-refractivity contribution in [3.8, 4) is 5.75 Å². The zero-order chi connectivity index (χ0) is 18.6. The number of ether oxygens (including phenoxy) is 1. The second-order valence-electron chi connectivity index (χ2n) is 5.76. The highest BCUT2D eigenvalue weighted by molar-refractivity contribution is 5.96. The molecular weight excluding hydrogens is 322 g/mol. The van der Waals surface area contributed by atoms with Crippen LogP contribution in [0.15, 0.2) is 36.4 Å². The monoisotopic (exact) mass is 343 g/mol. The van der Waals surface area contributed by atoms with E-state index in [-0.39, 0.29) is 23.8 Å². The number of carbonyl (C=O) groups excluding carboxylic acids is 1. The Morgan fingerprint density at radius 2 is 2.00 bits per heavy atom. The van der Waals surface area contributed by atoms with Crippen molar-refractivity contribution < 1.29 is 14.5 Å². The van der Waals surface area contributed by atoms with E-state index < -0.39 is 4.92 Å². The van der Waals surface area contributed by atoms with Gasteiger partial charge in [0.1, 0.15) is 11.4 Å². The fourth-order valence-electron chi connectivity index (χ4n) is 2.53. The van der Waals surface area contributed by atoms with Gasteiger partial charge in [0, 0.05) is 12.7 Å². The molecule has 0 radical (unpaired) electrons. The summed E-state index contributed by atoms with van der Waals surface area (Å²) in [6.45, 7) is 4.08. The van der Waals surface area contributed by atoms with Gasteiger partial charge in [-0.1, -0.05) is 12.1 Å². The van der Waals surface area contributed by atoms with Gasteiger partial charge in [-0.2, -0.15) is 0 Å². The predicted octanol–water partition coefficient (Wildman–Crippen LogP) is 3.30. The topological polar surface area (TPSA) is 84.7 Å². The largest absolute Gasteiger partial charge is 0.496 e. The average Bonchev–Trinajstić information content (AvgIpc) is 2.57. The third-order valence-electron chi connectivity index (χ3n) is 4.04. The third-order valence-corrected chi connectivity index (χ3v) is 4.04. The number of benzene rings is 2. The Morgan fingerprint density at radius 1 is 1.28 bits per heavy atom. The molecule has 0 spiro atoms. The number of rotatable bonds is 6. The summed E-state index contributed by atoms with van der Waals surface area (Å²) in [5, 5.41) is 13.8. The maximum Gasteiger partial charge on any atom is 0.296 e. The Labute approximate surface area is 146 Å². The Kier molecular flexibility index (Phi) is 5.59. The summed E-state index contributed by atoms with van der Waals surface area (Å²) in [4.78, 5) is 24.8. The first-order chi connectivity index (χ1) is 11.8. The van der Waals surface area contributed by atoms with Gasteiger partial charge in [-0.15, -0.1) is 0 Å². The number of methoxy groups -OCH3 is 1. The Balaban J connectivity index is 2.15. The van der Waals surface area contributed by atoms with Crippen molar-refractivity contribution in [2.45, 2.75) is 13.8 Å². The van der Waals surface area contributed by atoms with E-state index in [1.54, 1.807) is 6.07 Å². The number of nitro groups is 1. The number of likely N-dealkylation sites (N-methyl/N-ethyl adjacent to an activating group) is 1. The fraction of sp³-hybridized carbons (Fsp3) is 0.278. The molecule has 1 N–H and O–H groups in total. The van der Waals surface area contributed by atoms with Crippen molar-refractivity contribution in [1.82, 2.24) is 0 Å². The highest BCUT2D eigenvalue weighted by Gasteiger charge is 2.18. The normalized spacial score (nSPS) is 10.2. The van der Waals surface area contributed by atoms with Crippen LogP contribution in [-0.2, 0) is 4.79 Å². The molecule has 0 saturated carbocycles. The number of nitrogens with one attached hydrogen (secondary N) is 1. The standard InChI is InChI=1S/C18H21N3O4/c1-12-6-5-7-16(13(12)2)20(3)11-18(22)19-15-9-8-14(25-4)10-17(15)21(23)24/h5-10H,11H2,1-4H3,(H,19,22). The number of nitrogens with zero attached hydrogens (tertiary/aromatic N) is 2. The second kappa shape index (κ2) is 7.65. The van der Waals surface area contributed by atoms with Gasteiger partial charge < -0.3 is 15.0 Å². The van der Waals surface area contributed by atoms with Gasteiger partial charge in [0.15, 0.2) is 0 Å².